The number of phenolic OH excluding ortho intramolecular Hbond substituents is 2. The van der Waals surface area contributed by atoms with Crippen molar-refractivity contribution >= 4 is 42.9 Å². The number of fused-ring (bicyclic) bond motifs is 6. The first-order valence-corrected chi connectivity index (χ1v) is 29.7. The third kappa shape index (κ3) is 19.9. The number of phosphoric acid groups is 1. The van der Waals surface area contributed by atoms with E-state index in [1.165, 1.54) is 140 Å². The molecule has 0 radical (unpaired) electrons. The van der Waals surface area contributed by atoms with Gasteiger partial charge in [-0.2, -0.15) is 0 Å². The second-order valence-electron chi connectivity index (χ2n) is 19.9. The van der Waals surface area contributed by atoms with E-state index >= 15 is 0 Å². The molecule has 0 amide bonds. The predicted molar refractivity (Wildman–Crippen MR) is 291 cm³/mol. The van der Waals surface area contributed by atoms with Crippen molar-refractivity contribution in [1.29, 1.82) is 0 Å². The van der Waals surface area contributed by atoms with Crippen molar-refractivity contribution in [2.45, 2.75) is 205 Å². The number of thiocarbonyl (C=S) groups is 1. The number of hydrogen-bond acceptors (Lipinski definition) is 13. The Hall–Kier alpha value is -4.53. The number of phenols is 2. The van der Waals surface area contributed by atoms with E-state index in [1.807, 2.05) is 0 Å². The maximum atomic E-state index is 13.6. The van der Waals surface area contributed by atoms with Crippen LogP contribution in [0.1, 0.15) is 226 Å². The molecule has 2 heterocycles. The number of ether oxygens (including phenoxy) is 4. The summed E-state index contributed by atoms with van der Waals surface area (Å²) in [6.45, 7) is 3.29. The molecule has 2 aliphatic heterocycles. The monoisotopic (exact) mass is 1070 g/mol. The highest BCUT2D eigenvalue weighted by Gasteiger charge is 2.53. The van der Waals surface area contributed by atoms with Crippen LogP contribution in [0.2, 0.25) is 0 Å². The number of carbonyl (C=O) groups is 3. The van der Waals surface area contributed by atoms with Gasteiger partial charge in [-0.3, -0.25) is 18.6 Å². The molecule has 4 N–H and O–H groups in total. The molecule has 3 aromatic carbocycles. The number of phosphoric ester groups is 1. The van der Waals surface area contributed by atoms with Crippen LogP contribution in [0.4, 0.5) is 0 Å². The second-order valence-corrected chi connectivity index (χ2v) is 21.8. The SMILES string of the molecule is CCCCCCCCCCCCCCCC(=O)OC[C@H](COP(=O)(O)OCCNC(=S)c1ccc2c(c1)C(=O)OC21c2ccc(O)cc2Oc2cc(O)ccc21)OC(=O)CCCCCCCCCCCCCCC. The van der Waals surface area contributed by atoms with E-state index in [9.17, 15) is 34.1 Å². The number of hydrogen-bond donors (Lipinski definition) is 4. The van der Waals surface area contributed by atoms with Crippen molar-refractivity contribution in [1.82, 2.24) is 5.32 Å². The van der Waals surface area contributed by atoms with Gasteiger partial charge in [0.05, 0.1) is 18.8 Å². The molecule has 0 saturated heterocycles. The number of unbranched alkanes of at least 4 members (excludes halogenated alkanes) is 24. The van der Waals surface area contributed by atoms with Gasteiger partial charge in [-0.15, -0.1) is 0 Å². The number of carbonyl (C=O) groups excluding carboxylic acids is 3. The van der Waals surface area contributed by atoms with Gasteiger partial charge in [-0.05, 0) is 43.2 Å². The molecule has 1 unspecified atom stereocenters. The first kappa shape index (κ1) is 60.3. The molecule has 0 aromatic heterocycles. The number of benzene rings is 3. The molecule has 0 fully saturated rings. The van der Waals surface area contributed by atoms with E-state index in [2.05, 4.69) is 19.2 Å². The highest BCUT2D eigenvalue weighted by Crippen LogP contribution is 2.57. The van der Waals surface area contributed by atoms with Crippen molar-refractivity contribution in [3.63, 3.8) is 0 Å². The topological polar surface area (TPSA) is 196 Å². The fourth-order valence-electron chi connectivity index (χ4n) is 9.68. The van der Waals surface area contributed by atoms with Gasteiger partial charge in [0.2, 0.25) is 0 Å². The number of esters is 3. The van der Waals surface area contributed by atoms with Crippen LogP contribution in [0.3, 0.4) is 0 Å². The summed E-state index contributed by atoms with van der Waals surface area (Å²) in [7, 11) is -4.68. The van der Waals surface area contributed by atoms with Gasteiger partial charge in [-0.1, -0.05) is 192 Å². The van der Waals surface area contributed by atoms with Gasteiger partial charge in [0, 0.05) is 53.8 Å². The smallest absolute Gasteiger partial charge is 0.472 e. The fraction of sp³-hybridized carbons (Fsp3) is 0.621. The van der Waals surface area contributed by atoms with Crippen molar-refractivity contribution in [2.24, 2.45) is 0 Å². The minimum Gasteiger partial charge on any atom is -0.508 e. The van der Waals surface area contributed by atoms with Gasteiger partial charge < -0.3 is 39.4 Å². The lowest BCUT2D eigenvalue weighted by Gasteiger charge is -2.36. The summed E-state index contributed by atoms with van der Waals surface area (Å²) in [5.41, 5.74) is 0.742. The molecule has 0 aliphatic carbocycles. The third-order valence-electron chi connectivity index (χ3n) is 13.8. The van der Waals surface area contributed by atoms with Gasteiger partial charge >= 0.3 is 25.7 Å². The van der Waals surface area contributed by atoms with Crippen LogP contribution in [-0.2, 0) is 43.0 Å². The van der Waals surface area contributed by atoms with Crippen LogP contribution < -0.4 is 10.1 Å². The maximum Gasteiger partial charge on any atom is 0.472 e. The average Bonchev–Trinajstić information content (AvgIpc) is 3.67. The molecule has 16 heteroatoms. The summed E-state index contributed by atoms with van der Waals surface area (Å²) in [5, 5.41) is 23.4. The third-order valence-corrected chi connectivity index (χ3v) is 15.2. The summed E-state index contributed by atoms with van der Waals surface area (Å²) in [4.78, 5) is 50.1. The van der Waals surface area contributed by atoms with E-state index in [1.54, 1.807) is 30.3 Å². The molecule has 2 atom stereocenters. The Kier molecular flexibility index (Phi) is 26.8. The molecule has 5 rings (SSSR count). The number of rotatable bonds is 39. The van der Waals surface area contributed by atoms with Crippen molar-refractivity contribution < 1.29 is 62.1 Å². The van der Waals surface area contributed by atoms with E-state index in [4.69, 9.17) is 40.2 Å². The lowest BCUT2D eigenvalue weighted by Crippen LogP contribution is -2.33. The zero-order valence-corrected chi connectivity index (χ0v) is 45.9. The Bertz CT molecular complexity index is 2220. The minimum atomic E-state index is -4.68. The highest BCUT2D eigenvalue weighted by atomic mass is 32.1. The predicted octanol–water partition coefficient (Wildman–Crippen LogP) is 14.5. The van der Waals surface area contributed by atoms with Crippen LogP contribution in [-0.4, -0.2) is 70.5 Å². The lowest BCUT2D eigenvalue weighted by molar-refractivity contribution is -0.161. The molecular formula is C58H84NO13PS. The normalized spacial score (nSPS) is 14.3. The Morgan fingerprint density at radius 2 is 1.08 bits per heavy atom. The van der Waals surface area contributed by atoms with Crippen LogP contribution in [0.15, 0.2) is 54.6 Å². The molecule has 3 aromatic rings. The maximum absolute atomic E-state index is 13.6. The number of nitrogens with one attached hydrogen (secondary N) is 1. The molecule has 74 heavy (non-hydrogen) atoms. The van der Waals surface area contributed by atoms with Crippen molar-refractivity contribution in [3.8, 4) is 23.0 Å². The van der Waals surface area contributed by atoms with Crippen LogP contribution in [0.25, 0.3) is 0 Å². The first-order valence-electron chi connectivity index (χ1n) is 27.8. The van der Waals surface area contributed by atoms with Crippen LogP contribution >= 0.6 is 20.0 Å². The lowest BCUT2D eigenvalue weighted by atomic mass is 9.77. The van der Waals surface area contributed by atoms with E-state index in [0.29, 0.717) is 35.1 Å². The quantitative estimate of drug-likeness (QED) is 0.0138. The molecule has 0 bridgehead atoms. The summed E-state index contributed by atoms with van der Waals surface area (Å²) in [5.74, 6) is -1.16. The van der Waals surface area contributed by atoms with E-state index < -0.39 is 44.0 Å². The van der Waals surface area contributed by atoms with Crippen LogP contribution in [0, 0.1) is 0 Å². The van der Waals surface area contributed by atoms with Gasteiger partial charge in [0.15, 0.2) is 11.7 Å². The summed E-state index contributed by atoms with van der Waals surface area (Å²) >= 11 is 5.63. The van der Waals surface area contributed by atoms with Gasteiger partial charge in [0.25, 0.3) is 0 Å². The van der Waals surface area contributed by atoms with Crippen LogP contribution in [0.5, 0.6) is 23.0 Å². The Balaban J connectivity index is 1.05. The Labute approximate surface area is 445 Å². The molecular weight excluding hydrogens is 982 g/mol. The molecule has 410 valence electrons. The van der Waals surface area contributed by atoms with Crippen molar-refractivity contribution in [2.75, 3.05) is 26.4 Å². The Morgan fingerprint density at radius 1 is 0.622 bits per heavy atom. The average molecular weight is 1070 g/mol. The summed E-state index contributed by atoms with van der Waals surface area (Å²) in [6, 6.07) is 14.0. The largest absolute Gasteiger partial charge is 0.508 e. The molecule has 14 nitrogen and oxygen atoms in total. The second kappa shape index (κ2) is 32.8. The van der Waals surface area contributed by atoms with E-state index in [-0.39, 0.29) is 66.2 Å². The van der Waals surface area contributed by atoms with Gasteiger partial charge in [-0.25, -0.2) is 9.36 Å². The molecule has 0 saturated carbocycles. The highest BCUT2D eigenvalue weighted by molar-refractivity contribution is 7.80. The Morgan fingerprint density at radius 3 is 1.58 bits per heavy atom. The fourth-order valence-corrected chi connectivity index (χ4v) is 10.7. The van der Waals surface area contributed by atoms with E-state index in [0.717, 1.165) is 38.5 Å². The summed E-state index contributed by atoms with van der Waals surface area (Å²) < 4.78 is 46.9. The molecule has 1 spiro atoms. The molecule has 2 aliphatic rings. The van der Waals surface area contributed by atoms with Gasteiger partial charge in [0.1, 0.15) is 34.6 Å². The van der Waals surface area contributed by atoms with Crippen molar-refractivity contribution in [3.05, 3.63) is 82.4 Å². The zero-order valence-electron chi connectivity index (χ0n) is 44.2. The summed E-state index contributed by atoms with van der Waals surface area (Å²) in [6.07, 6.45) is 30.0. The standard InChI is InChI=1S/C58H84NO13PS/c1-3-5-7-9-11-13-15-17-19-21-23-25-27-29-54(62)67-42-47(70-55(63)30-28-26-24-22-20-18-16-14-12-10-8-6-4-2)43-69-73(65,66)68-38-37-59-56(74)44-31-34-49-48(39-44)57(64)72-58(49)50-35-32-45(60)40-52(50)71-53-41-46(61)33-36-51(53)58/h31-36,39-41,47,60-61H,3-30,37-38,42-43H2,1-2H3,(H,59,74)(H,65,66)/t47-/m1/s1. The first-order chi connectivity index (χ1) is 35.9. The number of aromatic hydroxyl groups is 2. The zero-order chi connectivity index (χ0) is 53.0. The minimum absolute atomic E-state index is 0.0162.